The SMILES string of the molecule is COc1cccc(C)c1C1=Cc2ccccc2C12CCC(Nc1cccc(Cl)c1)(C(=O)O)CC2. The number of benzene rings is 3. The molecule has 2 aliphatic rings. The van der Waals surface area contributed by atoms with Crippen LogP contribution in [0.15, 0.2) is 66.7 Å². The molecular weight excluding hydrogens is 446 g/mol. The van der Waals surface area contributed by atoms with E-state index in [1.807, 2.05) is 24.3 Å². The van der Waals surface area contributed by atoms with E-state index in [-0.39, 0.29) is 5.41 Å². The monoisotopic (exact) mass is 473 g/mol. The maximum absolute atomic E-state index is 12.6. The molecule has 1 spiro atoms. The van der Waals surface area contributed by atoms with Crippen molar-refractivity contribution in [3.8, 4) is 5.75 Å². The van der Waals surface area contributed by atoms with Crippen LogP contribution in [0.25, 0.3) is 11.6 Å². The first kappa shape index (κ1) is 22.5. The molecule has 0 amide bonds. The van der Waals surface area contributed by atoms with Crippen LogP contribution >= 0.6 is 11.6 Å². The molecule has 0 unspecified atom stereocenters. The average Bonchev–Trinajstić information content (AvgIpc) is 3.14. The summed E-state index contributed by atoms with van der Waals surface area (Å²) in [7, 11) is 1.71. The van der Waals surface area contributed by atoms with Gasteiger partial charge in [0, 0.05) is 21.7 Å². The van der Waals surface area contributed by atoms with Gasteiger partial charge in [0.15, 0.2) is 0 Å². The van der Waals surface area contributed by atoms with Crippen molar-refractivity contribution in [1.82, 2.24) is 0 Å². The molecule has 34 heavy (non-hydrogen) atoms. The molecule has 5 heteroatoms. The number of ether oxygens (including phenoxy) is 1. The lowest BCUT2D eigenvalue weighted by Crippen LogP contribution is -2.52. The van der Waals surface area contributed by atoms with Gasteiger partial charge < -0.3 is 15.2 Å². The lowest BCUT2D eigenvalue weighted by atomic mass is 9.61. The maximum Gasteiger partial charge on any atom is 0.329 e. The number of carbonyl (C=O) groups is 1. The van der Waals surface area contributed by atoms with Gasteiger partial charge in [-0.15, -0.1) is 0 Å². The lowest BCUT2D eigenvalue weighted by molar-refractivity contribution is -0.143. The largest absolute Gasteiger partial charge is 0.496 e. The second kappa shape index (κ2) is 8.52. The van der Waals surface area contributed by atoms with Crippen molar-refractivity contribution in [1.29, 1.82) is 0 Å². The minimum atomic E-state index is -1.05. The zero-order valence-corrected chi connectivity index (χ0v) is 20.2. The van der Waals surface area contributed by atoms with Crippen LogP contribution < -0.4 is 10.1 Å². The summed E-state index contributed by atoms with van der Waals surface area (Å²) in [6, 6.07) is 21.9. The summed E-state index contributed by atoms with van der Waals surface area (Å²) in [6.45, 7) is 2.11. The van der Waals surface area contributed by atoms with Gasteiger partial charge in [-0.3, -0.25) is 0 Å². The molecule has 4 nitrogen and oxygen atoms in total. The Hall–Kier alpha value is -3.24. The Bertz CT molecular complexity index is 1290. The minimum absolute atomic E-state index is 0.259. The van der Waals surface area contributed by atoms with Crippen molar-refractivity contribution < 1.29 is 14.6 Å². The van der Waals surface area contributed by atoms with Crippen LogP contribution in [0.2, 0.25) is 5.02 Å². The van der Waals surface area contributed by atoms with Crippen LogP contribution in [-0.2, 0) is 10.2 Å². The van der Waals surface area contributed by atoms with Gasteiger partial charge in [0.1, 0.15) is 11.3 Å². The van der Waals surface area contributed by atoms with Crippen molar-refractivity contribution in [2.45, 2.75) is 43.6 Å². The lowest BCUT2D eigenvalue weighted by Gasteiger charge is -2.45. The molecule has 0 radical (unpaired) electrons. The third-order valence-corrected chi connectivity index (χ3v) is 7.83. The molecule has 0 atom stereocenters. The number of rotatable bonds is 5. The number of anilines is 1. The van der Waals surface area contributed by atoms with Gasteiger partial charge in [-0.05, 0) is 85.2 Å². The summed E-state index contributed by atoms with van der Waals surface area (Å²) >= 11 is 6.17. The van der Waals surface area contributed by atoms with E-state index in [1.165, 1.54) is 16.7 Å². The van der Waals surface area contributed by atoms with E-state index in [4.69, 9.17) is 16.3 Å². The first-order valence-corrected chi connectivity index (χ1v) is 12.0. The summed E-state index contributed by atoms with van der Waals surface area (Å²) in [5, 5.41) is 14.2. The standard InChI is InChI=1S/C29H28ClNO3/c1-19-7-5-12-25(34-2)26(19)24-17-20-8-3-4-11-23(20)28(24)13-15-29(16-14-28,27(32)33)31-22-10-6-9-21(30)18-22/h3-12,17-18,31H,13-16H2,1-2H3,(H,32,33). The summed E-state index contributed by atoms with van der Waals surface area (Å²) in [4.78, 5) is 12.6. The summed E-state index contributed by atoms with van der Waals surface area (Å²) in [5.74, 6) is 0.0261. The van der Waals surface area contributed by atoms with Gasteiger partial charge in [0.2, 0.25) is 0 Å². The van der Waals surface area contributed by atoms with Crippen LogP contribution in [0, 0.1) is 6.92 Å². The molecule has 3 aromatic rings. The minimum Gasteiger partial charge on any atom is -0.496 e. The number of aryl methyl sites for hydroxylation is 1. The predicted octanol–water partition coefficient (Wildman–Crippen LogP) is 6.96. The Morgan fingerprint density at radius 3 is 2.44 bits per heavy atom. The Kier molecular flexibility index (Phi) is 5.65. The number of methoxy groups -OCH3 is 1. The quantitative estimate of drug-likeness (QED) is 0.420. The first-order chi connectivity index (χ1) is 16.4. The molecule has 2 aliphatic carbocycles. The summed E-state index contributed by atoms with van der Waals surface area (Å²) in [6.07, 6.45) is 4.70. The number of carboxylic acids is 1. The van der Waals surface area contributed by atoms with E-state index in [0.717, 1.165) is 22.6 Å². The molecule has 0 aliphatic heterocycles. The zero-order chi connectivity index (χ0) is 23.9. The summed E-state index contributed by atoms with van der Waals surface area (Å²) in [5.41, 5.74) is 5.40. The second-order valence-electron chi connectivity index (χ2n) is 9.40. The van der Waals surface area contributed by atoms with Gasteiger partial charge in [0.05, 0.1) is 7.11 Å². The molecule has 0 bridgehead atoms. The van der Waals surface area contributed by atoms with Crippen LogP contribution in [-0.4, -0.2) is 23.7 Å². The number of aliphatic carboxylic acids is 1. The van der Waals surface area contributed by atoms with Gasteiger partial charge in [0.25, 0.3) is 0 Å². The second-order valence-corrected chi connectivity index (χ2v) is 9.84. The summed E-state index contributed by atoms with van der Waals surface area (Å²) < 4.78 is 5.78. The number of hydrogen-bond donors (Lipinski definition) is 2. The van der Waals surface area contributed by atoms with Crippen LogP contribution in [0.5, 0.6) is 5.75 Å². The number of fused-ring (bicyclic) bond motifs is 2. The number of halogens is 1. The molecule has 0 aromatic heterocycles. The van der Waals surface area contributed by atoms with Crippen molar-refractivity contribution in [2.75, 3.05) is 12.4 Å². The Morgan fingerprint density at radius 1 is 1.00 bits per heavy atom. The van der Waals surface area contributed by atoms with Gasteiger partial charge >= 0.3 is 5.97 Å². The van der Waals surface area contributed by atoms with Gasteiger partial charge in [-0.2, -0.15) is 0 Å². The van der Waals surface area contributed by atoms with Gasteiger partial charge in [-0.25, -0.2) is 4.79 Å². The number of carboxylic acid groups (broad SMARTS) is 1. The molecule has 1 fully saturated rings. The van der Waals surface area contributed by atoms with E-state index in [2.05, 4.69) is 48.6 Å². The maximum atomic E-state index is 12.6. The van der Waals surface area contributed by atoms with Crippen molar-refractivity contribution in [2.24, 2.45) is 0 Å². The van der Waals surface area contributed by atoms with E-state index in [1.54, 1.807) is 19.2 Å². The molecule has 1 saturated carbocycles. The van der Waals surface area contributed by atoms with Crippen LogP contribution in [0.4, 0.5) is 5.69 Å². The van der Waals surface area contributed by atoms with Crippen LogP contribution in [0.1, 0.15) is 47.9 Å². The smallest absolute Gasteiger partial charge is 0.329 e. The molecule has 5 rings (SSSR count). The highest BCUT2D eigenvalue weighted by atomic mass is 35.5. The molecule has 2 N–H and O–H groups in total. The molecule has 3 aromatic carbocycles. The zero-order valence-electron chi connectivity index (χ0n) is 19.4. The molecule has 0 saturated heterocycles. The van der Waals surface area contributed by atoms with Crippen LogP contribution in [0.3, 0.4) is 0 Å². The Balaban J connectivity index is 1.56. The number of nitrogens with one attached hydrogen (secondary N) is 1. The van der Waals surface area contributed by atoms with E-state index in [9.17, 15) is 9.90 Å². The number of allylic oxidation sites excluding steroid dienone is 1. The molecule has 174 valence electrons. The Labute approximate surface area is 205 Å². The molecule has 0 heterocycles. The van der Waals surface area contributed by atoms with Crippen molar-refractivity contribution in [3.63, 3.8) is 0 Å². The van der Waals surface area contributed by atoms with E-state index < -0.39 is 11.5 Å². The highest BCUT2D eigenvalue weighted by Crippen LogP contribution is 2.58. The molecular formula is C29H28ClNO3. The number of hydrogen-bond acceptors (Lipinski definition) is 3. The average molecular weight is 474 g/mol. The fourth-order valence-electron chi connectivity index (χ4n) is 5.84. The van der Waals surface area contributed by atoms with Crippen molar-refractivity contribution >= 4 is 34.9 Å². The third-order valence-electron chi connectivity index (χ3n) is 7.59. The highest BCUT2D eigenvalue weighted by molar-refractivity contribution is 6.30. The van der Waals surface area contributed by atoms with Gasteiger partial charge in [-0.1, -0.05) is 54.1 Å². The topological polar surface area (TPSA) is 58.6 Å². The van der Waals surface area contributed by atoms with E-state index >= 15 is 0 Å². The fourth-order valence-corrected chi connectivity index (χ4v) is 6.03. The van der Waals surface area contributed by atoms with E-state index in [0.29, 0.717) is 30.7 Å². The normalized spacial score (nSPS) is 23.3. The predicted molar refractivity (Wildman–Crippen MR) is 138 cm³/mol. The first-order valence-electron chi connectivity index (χ1n) is 11.6. The third kappa shape index (κ3) is 3.57. The fraction of sp³-hybridized carbons (Fsp3) is 0.276. The van der Waals surface area contributed by atoms with Crippen molar-refractivity contribution in [3.05, 3.63) is 94.0 Å². The Morgan fingerprint density at radius 2 is 1.74 bits per heavy atom. The highest BCUT2D eigenvalue weighted by Gasteiger charge is 2.52.